The molecule has 7 heteroatoms. The van der Waals surface area contributed by atoms with E-state index in [1.165, 1.54) is 40.2 Å². The lowest BCUT2D eigenvalue weighted by Crippen LogP contribution is -2.66. The summed E-state index contributed by atoms with van der Waals surface area (Å²) in [6.45, 7) is 24.6. The summed E-state index contributed by atoms with van der Waals surface area (Å²) >= 11 is 1.77. The highest BCUT2D eigenvalue weighted by Crippen LogP contribution is 2.56. The van der Waals surface area contributed by atoms with Crippen LogP contribution in [0.4, 0.5) is 37.2 Å². The Morgan fingerprint density at radius 3 is 1.63 bits per heavy atom. The van der Waals surface area contributed by atoms with E-state index in [9.17, 15) is 0 Å². The molecule has 2 nitrogen and oxygen atoms in total. The minimum Gasteiger partial charge on any atom is -0.340 e. The van der Waals surface area contributed by atoms with Gasteiger partial charge in [-0.15, -0.1) is 12.6 Å². The van der Waals surface area contributed by atoms with Crippen molar-refractivity contribution in [2.75, 3.05) is 9.80 Å². The highest BCUT2D eigenvalue weighted by atomic mass is 32.2. The maximum Gasteiger partial charge on any atom is 0.252 e. The molecule has 0 radical (unpaired) electrons. The predicted molar refractivity (Wildman–Crippen MR) is 298 cm³/mol. The Hall–Kier alpha value is -6.56. The van der Waals surface area contributed by atoms with Crippen molar-refractivity contribution in [2.45, 2.75) is 89.0 Å². The first-order chi connectivity index (χ1) is 33.6. The number of hydrogen-bond donors (Lipinski definition) is 0. The second-order valence-electron chi connectivity index (χ2n) is 21.8. The van der Waals surface area contributed by atoms with Gasteiger partial charge in [0.05, 0.1) is 5.69 Å². The summed E-state index contributed by atoms with van der Waals surface area (Å²) in [6, 6.07) is 54.6. The number of nitrogens with zero attached hydrogens (tertiary/aromatic N) is 2. The fraction of sp³-hybridized carbons (Fsp3) is 0.206. The smallest absolute Gasteiger partial charge is 0.252 e. The van der Waals surface area contributed by atoms with Gasteiger partial charge in [-0.1, -0.05) is 200 Å². The number of para-hydroxylation sites is 1. The molecule has 8 aromatic carbocycles. The monoisotopic (exact) mass is 934 g/mol. The highest BCUT2D eigenvalue weighted by molar-refractivity contribution is 8.00. The zero-order chi connectivity index (χ0) is 49.0. The van der Waals surface area contributed by atoms with E-state index in [1.807, 2.05) is 4.90 Å². The summed E-state index contributed by atoms with van der Waals surface area (Å²) in [5, 5.41) is 0. The molecule has 0 aromatic heterocycles. The average molecular weight is 935 g/mol. The minimum atomic E-state index is -0.623. The Morgan fingerprint density at radius 2 is 1.07 bits per heavy atom. The van der Waals surface area contributed by atoms with Crippen molar-refractivity contribution in [3.63, 3.8) is 0 Å². The maximum atomic E-state index is 17.5. The molecule has 0 spiro atoms. The van der Waals surface area contributed by atoms with Crippen LogP contribution in [0.15, 0.2) is 180 Å². The first-order valence-electron chi connectivity index (χ1n) is 24.8. The van der Waals surface area contributed by atoms with Gasteiger partial charge in [0.1, 0.15) is 17.3 Å². The number of anilines is 5. The van der Waals surface area contributed by atoms with E-state index in [0.717, 1.165) is 82.4 Å². The molecule has 3 aliphatic rings. The molecule has 0 saturated carbocycles. The lowest BCUT2D eigenvalue weighted by Gasteiger charge is -2.50. The van der Waals surface area contributed by atoms with Crippen LogP contribution in [-0.2, 0) is 10.8 Å². The Kier molecular flexibility index (Phi) is 11.2. The van der Waals surface area contributed by atoms with Crippen LogP contribution in [-0.4, -0.2) is 19.5 Å². The van der Waals surface area contributed by atoms with Gasteiger partial charge in [-0.2, -0.15) is 0 Å². The summed E-state index contributed by atoms with van der Waals surface area (Å²) in [4.78, 5) is 6.77. The first-order valence-corrected chi connectivity index (χ1v) is 25.6. The molecule has 0 amide bonds. The van der Waals surface area contributed by atoms with Crippen molar-refractivity contribution in [2.24, 2.45) is 5.92 Å². The minimum absolute atomic E-state index is 0.0179. The van der Waals surface area contributed by atoms with E-state index in [-0.39, 0.29) is 41.9 Å². The number of benzene rings is 8. The van der Waals surface area contributed by atoms with Crippen LogP contribution in [0, 0.1) is 17.6 Å². The van der Waals surface area contributed by atoms with Gasteiger partial charge in [0.15, 0.2) is 0 Å². The molecular formula is C63H58B2F2N2S. The van der Waals surface area contributed by atoms with Crippen molar-refractivity contribution in [1.82, 2.24) is 0 Å². The quantitative estimate of drug-likeness (QED) is 0.147. The van der Waals surface area contributed by atoms with Crippen LogP contribution < -0.4 is 37.1 Å². The summed E-state index contributed by atoms with van der Waals surface area (Å²) in [5.41, 5.74) is 17.5. The molecule has 0 aliphatic carbocycles. The predicted octanol–water partition coefficient (Wildman–Crippen LogP) is 14.2. The van der Waals surface area contributed by atoms with Crippen LogP contribution in [0.1, 0.15) is 73.4 Å². The van der Waals surface area contributed by atoms with E-state index in [1.54, 1.807) is 11.8 Å². The van der Waals surface area contributed by atoms with Gasteiger partial charge >= 0.3 is 0 Å². The molecule has 346 valence electrons. The average Bonchev–Trinajstić information content (AvgIpc) is 3.35. The third-order valence-electron chi connectivity index (χ3n) is 15.2. The lowest BCUT2D eigenvalue weighted by atomic mass is 9.31. The zero-order valence-electron chi connectivity index (χ0n) is 41.7. The summed E-state index contributed by atoms with van der Waals surface area (Å²) in [6.07, 6.45) is 0. The van der Waals surface area contributed by atoms with Crippen molar-refractivity contribution in [1.29, 1.82) is 0 Å². The third-order valence-corrected chi connectivity index (χ3v) is 16.4. The molecular weight excluding hydrogens is 876 g/mol. The normalized spacial score (nSPS) is 14.2. The molecule has 11 rings (SSSR count). The van der Waals surface area contributed by atoms with E-state index in [4.69, 9.17) is 0 Å². The molecule has 0 bridgehead atoms. The highest BCUT2D eigenvalue weighted by Gasteiger charge is 2.51. The van der Waals surface area contributed by atoms with Gasteiger partial charge in [-0.25, -0.2) is 8.78 Å². The van der Waals surface area contributed by atoms with Crippen LogP contribution in [0.5, 0.6) is 0 Å². The first kappa shape index (κ1) is 45.9. The lowest BCUT2D eigenvalue weighted by molar-refractivity contribution is 0.519. The Labute approximate surface area is 418 Å². The molecule has 70 heavy (non-hydrogen) atoms. The van der Waals surface area contributed by atoms with E-state index in [2.05, 4.69) is 219 Å². The molecule has 3 heterocycles. The number of hydrogen-bond acceptors (Lipinski definition) is 3. The van der Waals surface area contributed by atoms with Gasteiger partial charge in [0.25, 0.3) is 6.71 Å². The second-order valence-corrected chi connectivity index (χ2v) is 22.8. The number of halogens is 2. The SMILES string of the molecule is C=CB1c2ccccc2Sc2c1c1c3c(c2-c2c(-c4ccccc4)cccc2-c2ccccc2)N(c2c(F)cccc2F)c2ccc(C(C)(C)C)cc2B3c2cc(C(C)(C)C)ccc2N1C(C)C(C)C. The molecule has 0 saturated heterocycles. The molecule has 1 unspecified atom stereocenters. The van der Waals surface area contributed by atoms with E-state index >= 15 is 8.78 Å². The fourth-order valence-electron chi connectivity index (χ4n) is 11.3. The third kappa shape index (κ3) is 7.21. The van der Waals surface area contributed by atoms with Gasteiger partial charge < -0.3 is 9.80 Å². The Morgan fingerprint density at radius 1 is 0.543 bits per heavy atom. The zero-order valence-corrected chi connectivity index (χ0v) is 42.5. The van der Waals surface area contributed by atoms with Crippen molar-refractivity contribution in [3.8, 4) is 33.4 Å². The van der Waals surface area contributed by atoms with Gasteiger partial charge in [0.2, 0.25) is 6.71 Å². The fourth-order valence-corrected chi connectivity index (χ4v) is 12.6. The van der Waals surface area contributed by atoms with E-state index < -0.39 is 11.6 Å². The number of fused-ring (bicyclic) bond motifs is 7. The molecule has 3 aliphatic heterocycles. The standard InChI is InChI=1S/C63H58B2F2N2S/c1-11-64-46-28-18-19-31-53(46)70-61-55(54-44(40-22-14-12-15-23-40)26-20-27-45(54)41-24-16-13-17-25-41)59-56-60(57(61)64)68(39(4)38(2)3)51-34-32-42(62(5,6)7)36-47(51)65(56)48-37-43(63(8,9)10)33-35-52(48)69(59)58-49(66)29-21-30-50(58)67/h11-39H,1H2,2-10H3. The van der Waals surface area contributed by atoms with Crippen LogP contribution in [0.25, 0.3) is 33.4 Å². The van der Waals surface area contributed by atoms with Gasteiger partial charge in [-0.05, 0) is 109 Å². The number of rotatable bonds is 7. The van der Waals surface area contributed by atoms with Gasteiger partial charge in [0, 0.05) is 44.0 Å². The molecule has 0 fully saturated rings. The molecule has 8 aromatic rings. The topological polar surface area (TPSA) is 6.48 Å². The van der Waals surface area contributed by atoms with E-state index in [0.29, 0.717) is 0 Å². The van der Waals surface area contributed by atoms with Crippen molar-refractivity contribution in [3.05, 3.63) is 193 Å². The molecule has 1 atom stereocenters. The Bertz CT molecular complexity index is 3310. The van der Waals surface area contributed by atoms with Crippen molar-refractivity contribution >= 4 is 80.9 Å². The van der Waals surface area contributed by atoms with Crippen LogP contribution >= 0.6 is 11.8 Å². The van der Waals surface area contributed by atoms with Gasteiger partial charge in [-0.3, -0.25) is 0 Å². The van der Waals surface area contributed by atoms with Crippen molar-refractivity contribution < 1.29 is 8.78 Å². The van der Waals surface area contributed by atoms with Crippen LogP contribution in [0.3, 0.4) is 0 Å². The molecule has 0 N–H and O–H groups in total. The largest absolute Gasteiger partial charge is 0.340 e. The second kappa shape index (κ2) is 17.1. The summed E-state index contributed by atoms with van der Waals surface area (Å²) < 4.78 is 35.0. The Balaban J connectivity index is 1.45. The maximum absolute atomic E-state index is 17.5. The summed E-state index contributed by atoms with van der Waals surface area (Å²) in [7, 11) is 0. The van der Waals surface area contributed by atoms with Crippen LogP contribution in [0.2, 0.25) is 0 Å². The summed E-state index contributed by atoms with van der Waals surface area (Å²) in [5.74, 6) is 1.11.